The molecule has 1 heterocycles. The van der Waals surface area contributed by atoms with Gasteiger partial charge in [-0.2, -0.15) is 0 Å². The van der Waals surface area contributed by atoms with Gasteiger partial charge in [-0.25, -0.2) is 4.98 Å². The molecule has 0 amide bonds. The van der Waals surface area contributed by atoms with Crippen LogP contribution >= 0.6 is 11.6 Å². The number of nitrogens with zero attached hydrogens (tertiary/aromatic N) is 2. The Labute approximate surface area is 108 Å². The molecule has 0 saturated carbocycles. The average molecular weight is 277 g/mol. The molecule has 1 rings (SSSR count). The van der Waals surface area contributed by atoms with Gasteiger partial charge in [0, 0.05) is 23.9 Å². The van der Waals surface area contributed by atoms with Crippen molar-refractivity contribution in [2.75, 3.05) is 6.61 Å². The van der Waals surface area contributed by atoms with Crippen LogP contribution in [0.3, 0.4) is 0 Å². The lowest BCUT2D eigenvalue weighted by atomic mass is 10.0. The van der Waals surface area contributed by atoms with E-state index in [4.69, 9.17) is 16.7 Å². The zero-order valence-electron chi connectivity index (χ0n) is 9.58. The summed E-state index contributed by atoms with van der Waals surface area (Å²) in [5, 5.41) is 38.5. The molecule has 2 atom stereocenters. The van der Waals surface area contributed by atoms with E-state index in [-0.39, 0.29) is 29.4 Å². The number of nitro groups is 1. The van der Waals surface area contributed by atoms with Gasteiger partial charge in [-0.3, -0.25) is 10.1 Å². The van der Waals surface area contributed by atoms with E-state index in [1.165, 1.54) is 6.92 Å². The third-order valence-electron chi connectivity index (χ3n) is 2.49. The fourth-order valence-electron chi connectivity index (χ4n) is 1.51. The standard InChI is InChI=1S/C10H13ClN2O5/c1-5-6(9(16)8(15)2-3-14)4-7(13(17)18)10(11)12-5/h4,8-9,14-16H,2-3H2,1H3. The van der Waals surface area contributed by atoms with Crippen molar-refractivity contribution in [3.8, 4) is 0 Å². The van der Waals surface area contributed by atoms with Crippen LogP contribution in [-0.2, 0) is 0 Å². The summed E-state index contributed by atoms with van der Waals surface area (Å²) in [5.41, 5.74) is -0.0327. The highest BCUT2D eigenvalue weighted by atomic mass is 35.5. The third-order valence-corrected chi connectivity index (χ3v) is 2.77. The second-order valence-corrected chi connectivity index (χ2v) is 4.11. The maximum Gasteiger partial charge on any atom is 0.306 e. The molecule has 0 spiro atoms. The predicted molar refractivity (Wildman–Crippen MR) is 63.3 cm³/mol. The average Bonchev–Trinajstić information content (AvgIpc) is 2.28. The van der Waals surface area contributed by atoms with E-state index in [0.29, 0.717) is 0 Å². The van der Waals surface area contributed by atoms with Gasteiger partial charge in [0.2, 0.25) is 5.15 Å². The molecule has 100 valence electrons. The number of halogens is 1. The summed E-state index contributed by atoms with van der Waals surface area (Å²) >= 11 is 5.60. The van der Waals surface area contributed by atoms with Crippen molar-refractivity contribution in [1.29, 1.82) is 0 Å². The lowest BCUT2D eigenvalue weighted by Crippen LogP contribution is -2.21. The number of hydrogen-bond acceptors (Lipinski definition) is 6. The highest BCUT2D eigenvalue weighted by Gasteiger charge is 2.25. The van der Waals surface area contributed by atoms with E-state index in [1.807, 2.05) is 0 Å². The van der Waals surface area contributed by atoms with Crippen LogP contribution in [0.5, 0.6) is 0 Å². The smallest absolute Gasteiger partial charge is 0.306 e. The highest BCUT2D eigenvalue weighted by Crippen LogP contribution is 2.29. The number of aryl methyl sites for hydroxylation is 1. The van der Waals surface area contributed by atoms with Crippen molar-refractivity contribution in [1.82, 2.24) is 4.98 Å². The number of aliphatic hydroxyl groups excluding tert-OH is 3. The van der Waals surface area contributed by atoms with Gasteiger partial charge in [0.15, 0.2) is 0 Å². The molecule has 1 aromatic heterocycles. The van der Waals surface area contributed by atoms with E-state index < -0.39 is 22.8 Å². The summed E-state index contributed by atoms with van der Waals surface area (Å²) in [4.78, 5) is 13.7. The Morgan fingerprint density at radius 3 is 2.67 bits per heavy atom. The minimum Gasteiger partial charge on any atom is -0.396 e. The molecule has 0 aliphatic carbocycles. The van der Waals surface area contributed by atoms with Crippen LogP contribution in [0.2, 0.25) is 5.15 Å². The zero-order chi connectivity index (χ0) is 13.9. The SMILES string of the molecule is Cc1nc(Cl)c([N+](=O)[O-])cc1C(O)C(O)CCO. The van der Waals surface area contributed by atoms with Crippen molar-refractivity contribution in [2.45, 2.75) is 25.6 Å². The van der Waals surface area contributed by atoms with E-state index in [9.17, 15) is 20.3 Å². The molecular formula is C10H13ClN2O5. The number of pyridine rings is 1. The summed E-state index contributed by atoms with van der Waals surface area (Å²) in [6.07, 6.45) is -2.63. The third kappa shape index (κ3) is 3.14. The minimum absolute atomic E-state index is 0.0446. The van der Waals surface area contributed by atoms with Gasteiger partial charge in [0.1, 0.15) is 6.10 Å². The molecule has 2 unspecified atom stereocenters. The topological polar surface area (TPSA) is 117 Å². The molecule has 0 radical (unpaired) electrons. The summed E-state index contributed by atoms with van der Waals surface area (Å²) < 4.78 is 0. The molecule has 7 nitrogen and oxygen atoms in total. The Bertz CT molecular complexity index is 454. The molecule has 0 fully saturated rings. The zero-order valence-corrected chi connectivity index (χ0v) is 10.3. The highest BCUT2D eigenvalue weighted by molar-refractivity contribution is 6.31. The van der Waals surface area contributed by atoms with Crippen LogP contribution in [0, 0.1) is 17.0 Å². The lowest BCUT2D eigenvalue weighted by Gasteiger charge is -2.18. The van der Waals surface area contributed by atoms with Gasteiger partial charge < -0.3 is 15.3 Å². The van der Waals surface area contributed by atoms with Gasteiger partial charge in [-0.1, -0.05) is 11.6 Å². The van der Waals surface area contributed by atoms with Crippen molar-refractivity contribution in [2.24, 2.45) is 0 Å². The number of rotatable bonds is 5. The van der Waals surface area contributed by atoms with Gasteiger partial charge in [0.05, 0.1) is 11.0 Å². The minimum atomic E-state index is -1.36. The quantitative estimate of drug-likeness (QED) is 0.415. The Kier molecular flexibility index (Phi) is 4.97. The number of aliphatic hydroxyl groups is 3. The van der Waals surface area contributed by atoms with E-state index in [0.717, 1.165) is 6.07 Å². The molecule has 0 aliphatic heterocycles. The second kappa shape index (κ2) is 6.05. The summed E-state index contributed by atoms with van der Waals surface area (Å²) in [6, 6.07) is 1.08. The number of aromatic nitrogens is 1. The molecule has 3 N–H and O–H groups in total. The van der Waals surface area contributed by atoms with E-state index in [2.05, 4.69) is 4.98 Å². The van der Waals surface area contributed by atoms with E-state index in [1.54, 1.807) is 0 Å². The molecule has 18 heavy (non-hydrogen) atoms. The normalized spacial score (nSPS) is 14.3. The van der Waals surface area contributed by atoms with Crippen LogP contribution in [0.25, 0.3) is 0 Å². The molecule has 0 bridgehead atoms. The van der Waals surface area contributed by atoms with Crippen LogP contribution in [0.1, 0.15) is 23.8 Å². The Morgan fingerprint density at radius 2 is 2.17 bits per heavy atom. The first-order chi connectivity index (χ1) is 8.38. The Balaban J connectivity index is 3.15. The largest absolute Gasteiger partial charge is 0.396 e. The number of hydrogen-bond donors (Lipinski definition) is 3. The summed E-state index contributed by atoms with van der Waals surface area (Å²) in [5.74, 6) is 0. The summed E-state index contributed by atoms with van der Waals surface area (Å²) in [7, 11) is 0. The Morgan fingerprint density at radius 1 is 1.56 bits per heavy atom. The monoisotopic (exact) mass is 276 g/mol. The fraction of sp³-hybridized carbons (Fsp3) is 0.500. The van der Waals surface area contributed by atoms with Crippen molar-refractivity contribution in [3.63, 3.8) is 0 Å². The van der Waals surface area contributed by atoms with Gasteiger partial charge in [-0.15, -0.1) is 0 Å². The first-order valence-electron chi connectivity index (χ1n) is 5.17. The molecular weight excluding hydrogens is 264 g/mol. The summed E-state index contributed by atoms with van der Waals surface area (Å²) in [6.45, 7) is 1.21. The maximum atomic E-state index is 10.7. The molecule has 8 heteroatoms. The van der Waals surface area contributed by atoms with Crippen LogP contribution in [0.15, 0.2) is 6.07 Å². The van der Waals surface area contributed by atoms with Crippen molar-refractivity contribution < 1.29 is 20.2 Å². The first-order valence-corrected chi connectivity index (χ1v) is 5.54. The lowest BCUT2D eigenvalue weighted by molar-refractivity contribution is -0.385. The second-order valence-electron chi connectivity index (χ2n) is 3.75. The van der Waals surface area contributed by atoms with E-state index >= 15 is 0 Å². The van der Waals surface area contributed by atoms with Crippen LogP contribution in [0.4, 0.5) is 5.69 Å². The van der Waals surface area contributed by atoms with Gasteiger partial charge >= 0.3 is 5.69 Å². The molecule has 0 saturated heterocycles. The predicted octanol–water partition coefficient (Wildman–Crippen LogP) is 0.728. The first kappa shape index (κ1) is 14.8. The van der Waals surface area contributed by atoms with Crippen molar-refractivity contribution in [3.05, 3.63) is 32.6 Å². The fourth-order valence-corrected chi connectivity index (χ4v) is 1.76. The van der Waals surface area contributed by atoms with Gasteiger partial charge in [-0.05, 0) is 13.3 Å². The van der Waals surface area contributed by atoms with Crippen molar-refractivity contribution >= 4 is 17.3 Å². The maximum absolute atomic E-state index is 10.7. The molecule has 0 aromatic carbocycles. The van der Waals surface area contributed by atoms with Gasteiger partial charge in [0.25, 0.3) is 0 Å². The van der Waals surface area contributed by atoms with Crippen LogP contribution in [-0.4, -0.2) is 37.9 Å². The molecule has 1 aromatic rings. The van der Waals surface area contributed by atoms with Crippen LogP contribution < -0.4 is 0 Å². The Hall–Kier alpha value is -1.28. The molecule has 0 aliphatic rings.